The molecule has 1 heterocycles. The summed E-state index contributed by atoms with van der Waals surface area (Å²) in [6.07, 6.45) is 0. The number of anilines is 1. The number of amides is 1. The maximum atomic E-state index is 12.1. The first-order chi connectivity index (χ1) is 9.58. The van der Waals surface area contributed by atoms with Gasteiger partial charge in [0, 0.05) is 3.57 Å². The summed E-state index contributed by atoms with van der Waals surface area (Å²) in [6, 6.07) is 12.9. The molecule has 2 aromatic rings. The molecule has 20 heavy (non-hydrogen) atoms. The van der Waals surface area contributed by atoms with E-state index in [1.165, 1.54) is 4.90 Å². The van der Waals surface area contributed by atoms with Crippen LogP contribution in [0.5, 0.6) is 0 Å². The van der Waals surface area contributed by atoms with Gasteiger partial charge in [0.25, 0.3) is 11.7 Å². The first-order valence-electron chi connectivity index (χ1n) is 5.97. The number of halogens is 2. The highest BCUT2D eigenvalue weighted by Crippen LogP contribution is 2.34. The average Bonchev–Trinajstić information content (AvgIpc) is 2.67. The average molecular weight is 398 g/mol. The smallest absolute Gasteiger partial charge is 0.299 e. The van der Waals surface area contributed by atoms with Crippen LogP contribution in [-0.4, -0.2) is 11.7 Å². The molecule has 0 spiro atoms. The van der Waals surface area contributed by atoms with Crippen molar-refractivity contribution in [1.82, 2.24) is 0 Å². The van der Waals surface area contributed by atoms with Gasteiger partial charge >= 0.3 is 0 Å². The van der Waals surface area contributed by atoms with Gasteiger partial charge in [-0.1, -0.05) is 29.8 Å². The van der Waals surface area contributed by atoms with Crippen molar-refractivity contribution >= 4 is 51.6 Å². The highest BCUT2D eigenvalue weighted by atomic mass is 127. The lowest BCUT2D eigenvalue weighted by Crippen LogP contribution is -2.29. The fourth-order valence-corrected chi connectivity index (χ4v) is 2.85. The lowest BCUT2D eigenvalue weighted by atomic mass is 10.1. The number of benzene rings is 2. The van der Waals surface area contributed by atoms with Crippen LogP contribution in [0.4, 0.5) is 5.69 Å². The second-order valence-electron chi connectivity index (χ2n) is 4.48. The SMILES string of the molecule is O=C1C(=O)N(Cc2ccc(I)cc2)c2cccc(Cl)c21. The van der Waals surface area contributed by atoms with Gasteiger partial charge in [0.05, 0.1) is 22.8 Å². The monoisotopic (exact) mass is 397 g/mol. The molecule has 1 amide bonds. The van der Waals surface area contributed by atoms with Crippen LogP contribution >= 0.6 is 34.2 Å². The number of ketones is 1. The predicted octanol–water partition coefficient (Wildman–Crippen LogP) is 3.67. The highest BCUT2D eigenvalue weighted by Gasteiger charge is 2.37. The molecule has 0 saturated carbocycles. The van der Waals surface area contributed by atoms with Gasteiger partial charge in [0.1, 0.15) is 0 Å². The Hall–Kier alpha value is -1.40. The van der Waals surface area contributed by atoms with E-state index < -0.39 is 11.7 Å². The Morgan fingerprint density at radius 3 is 2.45 bits per heavy atom. The summed E-state index contributed by atoms with van der Waals surface area (Å²) in [4.78, 5) is 25.6. The minimum atomic E-state index is -0.531. The first kappa shape index (κ1) is 13.6. The molecule has 0 fully saturated rings. The molecule has 5 heteroatoms. The van der Waals surface area contributed by atoms with Crippen LogP contribution in [0.25, 0.3) is 0 Å². The number of nitrogens with zero attached hydrogens (tertiary/aromatic N) is 1. The standard InChI is InChI=1S/C15H9ClINO2/c16-11-2-1-3-12-13(11)14(19)15(20)18(12)8-9-4-6-10(17)7-5-9/h1-7H,8H2. The largest absolute Gasteiger partial charge is 0.300 e. The molecule has 0 bridgehead atoms. The Morgan fingerprint density at radius 1 is 1.05 bits per heavy atom. The zero-order valence-electron chi connectivity index (χ0n) is 10.3. The molecular weight excluding hydrogens is 389 g/mol. The van der Waals surface area contributed by atoms with Gasteiger partial charge < -0.3 is 4.90 Å². The van der Waals surface area contributed by atoms with Crippen LogP contribution in [0.2, 0.25) is 5.02 Å². The fraction of sp³-hybridized carbons (Fsp3) is 0.0667. The van der Waals surface area contributed by atoms with Crippen molar-refractivity contribution in [3.63, 3.8) is 0 Å². The summed E-state index contributed by atoms with van der Waals surface area (Å²) in [5.41, 5.74) is 1.87. The lowest BCUT2D eigenvalue weighted by molar-refractivity contribution is -0.114. The first-order valence-corrected chi connectivity index (χ1v) is 7.43. The third-order valence-electron chi connectivity index (χ3n) is 3.20. The second-order valence-corrected chi connectivity index (χ2v) is 6.13. The van der Waals surface area contributed by atoms with E-state index in [9.17, 15) is 9.59 Å². The second kappa shape index (κ2) is 5.18. The maximum Gasteiger partial charge on any atom is 0.299 e. The van der Waals surface area contributed by atoms with E-state index in [1.54, 1.807) is 18.2 Å². The molecule has 1 aliphatic heterocycles. The summed E-state index contributed by atoms with van der Waals surface area (Å²) >= 11 is 8.24. The van der Waals surface area contributed by atoms with E-state index in [0.29, 0.717) is 22.8 Å². The maximum absolute atomic E-state index is 12.1. The number of hydrogen-bond acceptors (Lipinski definition) is 2. The summed E-state index contributed by atoms with van der Waals surface area (Å²) in [6.45, 7) is 0.370. The molecule has 2 aromatic carbocycles. The molecule has 0 N–H and O–H groups in total. The number of rotatable bonds is 2. The number of hydrogen-bond donors (Lipinski definition) is 0. The van der Waals surface area contributed by atoms with E-state index in [1.807, 2.05) is 24.3 Å². The molecule has 0 aliphatic carbocycles. The van der Waals surface area contributed by atoms with Gasteiger partial charge in [0.2, 0.25) is 0 Å². The predicted molar refractivity (Wildman–Crippen MR) is 86.1 cm³/mol. The third-order valence-corrected chi connectivity index (χ3v) is 4.24. The van der Waals surface area contributed by atoms with Crippen LogP contribution in [0.1, 0.15) is 15.9 Å². The molecule has 0 saturated heterocycles. The minimum Gasteiger partial charge on any atom is -0.300 e. The molecule has 0 radical (unpaired) electrons. The molecule has 3 nitrogen and oxygen atoms in total. The molecule has 0 atom stereocenters. The Balaban J connectivity index is 1.99. The quantitative estimate of drug-likeness (QED) is 0.573. The summed E-state index contributed by atoms with van der Waals surface area (Å²) in [5, 5.41) is 0.325. The zero-order valence-corrected chi connectivity index (χ0v) is 13.2. The number of carbonyl (C=O) groups excluding carboxylic acids is 2. The van der Waals surface area contributed by atoms with Crippen molar-refractivity contribution in [1.29, 1.82) is 0 Å². The molecule has 0 aromatic heterocycles. The normalized spacial score (nSPS) is 13.8. The van der Waals surface area contributed by atoms with Gasteiger partial charge in [-0.25, -0.2) is 0 Å². The van der Waals surface area contributed by atoms with Crippen molar-refractivity contribution in [3.8, 4) is 0 Å². The van der Waals surface area contributed by atoms with E-state index in [2.05, 4.69) is 22.6 Å². The van der Waals surface area contributed by atoms with Crippen LogP contribution in [0, 0.1) is 3.57 Å². The summed E-state index contributed by atoms with van der Waals surface area (Å²) in [5.74, 6) is -1.05. The number of fused-ring (bicyclic) bond motifs is 1. The summed E-state index contributed by atoms with van der Waals surface area (Å²) in [7, 11) is 0. The van der Waals surface area contributed by atoms with Gasteiger partial charge in [-0.2, -0.15) is 0 Å². The number of Topliss-reactive ketones (excluding diaryl/α,β-unsaturated/α-hetero) is 1. The van der Waals surface area contributed by atoms with Crippen molar-refractivity contribution in [3.05, 3.63) is 62.2 Å². The topological polar surface area (TPSA) is 37.4 Å². The van der Waals surface area contributed by atoms with Crippen LogP contribution in [-0.2, 0) is 11.3 Å². The van der Waals surface area contributed by atoms with E-state index in [0.717, 1.165) is 9.13 Å². The zero-order chi connectivity index (χ0) is 14.3. The van der Waals surface area contributed by atoms with Gasteiger partial charge in [0.15, 0.2) is 0 Å². The van der Waals surface area contributed by atoms with Crippen molar-refractivity contribution in [2.24, 2.45) is 0 Å². The summed E-state index contributed by atoms with van der Waals surface area (Å²) < 4.78 is 1.12. The van der Waals surface area contributed by atoms with Gasteiger partial charge in [-0.3, -0.25) is 9.59 Å². The Kier molecular flexibility index (Phi) is 3.52. The molecular formula is C15H9ClINO2. The third kappa shape index (κ3) is 2.23. The van der Waals surface area contributed by atoms with Crippen molar-refractivity contribution < 1.29 is 9.59 Å². The van der Waals surface area contributed by atoms with Crippen LogP contribution in [0.3, 0.4) is 0 Å². The molecule has 100 valence electrons. The molecule has 3 rings (SSSR count). The lowest BCUT2D eigenvalue weighted by Gasteiger charge is -2.16. The van der Waals surface area contributed by atoms with E-state index in [-0.39, 0.29) is 0 Å². The Morgan fingerprint density at radius 2 is 1.75 bits per heavy atom. The van der Waals surface area contributed by atoms with Gasteiger partial charge in [-0.15, -0.1) is 0 Å². The van der Waals surface area contributed by atoms with E-state index >= 15 is 0 Å². The van der Waals surface area contributed by atoms with Crippen LogP contribution in [0.15, 0.2) is 42.5 Å². The van der Waals surface area contributed by atoms with Crippen molar-refractivity contribution in [2.75, 3.05) is 4.90 Å². The minimum absolute atomic E-state index is 0.310. The number of carbonyl (C=O) groups is 2. The van der Waals surface area contributed by atoms with Crippen LogP contribution < -0.4 is 4.90 Å². The molecule has 0 unspecified atom stereocenters. The Bertz CT molecular complexity index is 712. The van der Waals surface area contributed by atoms with Crippen molar-refractivity contribution in [2.45, 2.75) is 6.54 Å². The van der Waals surface area contributed by atoms with E-state index in [4.69, 9.17) is 11.6 Å². The highest BCUT2D eigenvalue weighted by molar-refractivity contribution is 14.1. The Labute approximate surface area is 134 Å². The fourth-order valence-electron chi connectivity index (χ4n) is 2.23. The molecule has 1 aliphatic rings. The van der Waals surface area contributed by atoms with Gasteiger partial charge in [-0.05, 0) is 52.4 Å².